The van der Waals surface area contributed by atoms with Gasteiger partial charge in [-0.25, -0.2) is 0 Å². The summed E-state index contributed by atoms with van der Waals surface area (Å²) in [7, 11) is 2.08. The van der Waals surface area contributed by atoms with Crippen molar-refractivity contribution in [3.8, 4) is 0 Å². The first kappa shape index (κ1) is 12.4. The van der Waals surface area contributed by atoms with Crippen molar-refractivity contribution in [1.29, 1.82) is 0 Å². The molecule has 92 valence electrons. The van der Waals surface area contributed by atoms with Gasteiger partial charge in [0.15, 0.2) is 5.96 Å². The molecule has 0 bridgehead atoms. The summed E-state index contributed by atoms with van der Waals surface area (Å²) in [4.78, 5) is 6.67. The van der Waals surface area contributed by atoms with Crippen molar-refractivity contribution in [1.82, 2.24) is 10.2 Å². The second kappa shape index (κ2) is 5.54. The molecule has 0 aliphatic carbocycles. The number of halogens is 1. The molecule has 1 aromatic carbocycles. The summed E-state index contributed by atoms with van der Waals surface area (Å²) in [5.41, 5.74) is 2.54. The molecule has 4 heteroatoms. The van der Waals surface area contributed by atoms with Crippen LogP contribution in [0.5, 0.6) is 0 Å². The predicted molar refractivity (Wildman–Crippen MR) is 75.3 cm³/mol. The molecule has 1 aromatic rings. The normalized spacial score (nSPS) is 15.7. The van der Waals surface area contributed by atoms with Crippen LogP contribution >= 0.6 is 15.9 Å². The Labute approximate surface area is 111 Å². The fourth-order valence-corrected chi connectivity index (χ4v) is 2.33. The van der Waals surface area contributed by atoms with E-state index in [4.69, 9.17) is 0 Å². The van der Waals surface area contributed by atoms with E-state index in [1.165, 1.54) is 15.6 Å². The minimum Gasteiger partial charge on any atom is -0.352 e. The van der Waals surface area contributed by atoms with Crippen molar-refractivity contribution in [3.05, 3.63) is 33.8 Å². The highest BCUT2D eigenvalue weighted by atomic mass is 79.9. The molecule has 1 aliphatic rings. The number of rotatable bonds is 2. The van der Waals surface area contributed by atoms with E-state index < -0.39 is 0 Å². The van der Waals surface area contributed by atoms with E-state index >= 15 is 0 Å². The summed E-state index contributed by atoms with van der Waals surface area (Å²) in [6.45, 7) is 4.94. The molecule has 1 heterocycles. The molecule has 0 saturated carbocycles. The van der Waals surface area contributed by atoms with Gasteiger partial charge in [0.1, 0.15) is 0 Å². The third-order valence-corrected chi connectivity index (χ3v) is 4.12. The fraction of sp³-hybridized carbons (Fsp3) is 0.462. The van der Waals surface area contributed by atoms with E-state index in [2.05, 4.69) is 63.3 Å². The molecule has 0 atom stereocenters. The molecule has 0 amide bonds. The first-order valence-corrected chi connectivity index (χ1v) is 6.71. The lowest BCUT2D eigenvalue weighted by Crippen LogP contribution is -2.41. The van der Waals surface area contributed by atoms with Gasteiger partial charge in [-0.05, 0) is 24.5 Å². The van der Waals surface area contributed by atoms with Crippen molar-refractivity contribution in [2.75, 3.05) is 20.1 Å². The Morgan fingerprint density at radius 3 is 3.06 bits per heavy atom. The van der Waals surface area contributed by atoms with Crippen LogP contribution in [0.25, 0.3) is 0 Å². The maximum absolute atomic E-state index is 4.49. The van der Waals surface area contributed by atoms with Crippen molar-refractivity contribution in [3.63, 3.8) is 0 Å². The Morgan fingerprint density at radius 2 is 2.29 bits per heavy atom. The molecular weight excluding hydrogens is 278 g/mol. The molecule has 1 aliphatic heterocycles. The SMILES string of the molecule is Cc1cccc(CNC2=NCCCN2C)c1Br. The molecule has 0 unspecified atom stereocenters. The van der Waals surface area contributed by atoms with Gasteiger partial charge in [-0.15, -0.1) is 0 Å². The maximum atomic E-state index is 4.49. The van der Waals surface area contributed by atoms with Crippen LogP contribution in [-0.4, -0.2) is 31.0 Å². The van der Waals surface area contributed by atoms with Gasteiger partial charge in [0.2, 0.25) is 0 Å². The van der Waals surface area contributed by atoms with E-state index in [1.54, 1.807) is 0 Å². The van der Waals surface area contributed by atoms with E-state index in [-0.39, 0.29) is 0 Å². The van der Waals surface area contributed by atoms with Gasteiger partial charge in [-0.1, -0.05) is 34.1 Å². The molecule has 0 spiro atoms. The van der Waals surface area contributed by atoms with Crippen LogP contribution in [-0.2, 0) is 6.54 Å². The number of nitrogens with one attached hydrogen (secondary N) is 1. The Hall–Kier alpha value is -1.03. The topological polar surface area (TPSA) is 27.6 Å². The van der Waals surface area contributed by atoms with Crippen LogP contribution in [0, 0.1) is 6.92 Å². The minimum atomic E-state index is 0.811. The standard InChI is InChI=1S/C13H18BrN3/c1-10-5-3-6-11(12(10)14)9-16-13-15-7-4-8-17(13)2/h3,5-6H,4,7-9H2,1-2H3,(H,15,16). The number of guanidine groups is 1. The van der Waals surface area contributed by atoms with Crippen LogP contribution in [0.3, 0.4) is 0 Å². The Kier molecular flexibility index (Phi) is 4.05. The molecular formula is C13H18BrN3. The van der Waals surface area contributed by atoms with Crippen LogP contribution < -0.4 is 5.32 Å². The minimum absolute atomic E-state index is 0.811. The molecule has 0 saturated heterocycles. The lowest BCUT2D eigenvalue weighted by molar-refractivity contribution is 0.446. The lowest BCUT2D eigenvalue weighted by atomic mass is 10.1. The number of aliphatic imine (C=N–C) groups is 1. The maximum Gasteiger partial charge on any atom is 0.193 e. The van der Waals surface area contributed by atoms with Gasteiger partial charge in [0, 0.05) is 31.2 Å². The zero-order valence-electron chi connectivity index (χ0n) is 10.3. The number of nitrogens with zero attached hydrogens (tertiary/aromatic N) is 2. The smallest absolute Gasteiger partial charge is 0.193 e. The zero-order chi connectivity index (χ0) is 12.3. The lowest BCUT2D eigenvalue weighted by Gasteiger charge is -2.25. The van der Waals surface area contributed by atoms with Gasteiger partial charge in [-0.3, -0.25) is 4.99 Å². The first-order chi connectivity index (χ1) is 8.18. The van der Waals surface area contributed by atoms with Gasteiger partial charge in [-0.2, -0.15) is 0 Å². The van der Waals surface area contributed by atoms with Crippen LogP contribution in [0.2, 0.25) is 0 Å². The van der Waals surface area contributed by atoms with Gasteiger partial charge >= 0.3 is 0 Å². The van der Waals surface area contributed by atoms with Crippen LogP contribution in [0.4, 0.5) is 0 Å². The summed E-state index contributed by atoms with van der Waals surface area (Å²) in [5, 5.41) is 3.40. The summed E-state index contributed by atoms with van der Waals surface area (Å²) in [6.07, 6.45) is 1.15. The first-order valence-electron chi connectivity index (χ1n) is 5.92. The predicted octanol–water partition coefficient (Wildman–Crippen LogP) is 2.54. The van der Waals surface area contributed by atoms with Gasteiger partial charge in [0.25, 0.3) is 0 Å². The molecule has 0 fully saturated rings. The van der Waals surface area contributed by atoms with Crippen molar-refractivity contribution < 1.29 is 0 Å². The second-order valence-electron chi connectivity index (χ2n) is 4.38. The summed E-state index contributed by atoms with van der Waals surface area (Å²) in [5.74, 6) is 1.00. The number of aryl methyl sites for hydroxylation is 1. The Bertz CT molecular complexity index is 429. The average Bonchev–Trinajstić information content (AvgIpc) is 2.33. The molecule has 0 radical (unpaired) electrons. The highest BCUT2D eigenvalue weighted by molar-refractivity contribution is 9.10. The molecule has 0 aromatic heterocycles. The van der Waals surface area contributed by atoms with Gasteiger partial charge in [0.05, 0.1) is 0 Å². The number of benzene rings is 1. The van der Waals surface area contributed by atoms with E-state index in [0.717, 1.165) is 32.0 Å². The molecule has 2 rings (SSSR count). The number of hydrogen-bond donors (Lipinski definition) is 1. The van der Waals surface area contributed by atoms with E-state index in [1.807, 2.05) is 0 Å². The molecule has 17 heavy (non-hydrogen) atoms. The summed E-state index contributed by atoms with van der Waals surface area (Å²) >= 11 is 3.63. The summed E-state index contributed by atoms with van der Waals surface area (Å²) < 4.78 is 1.19. The highest BCUT2D eigenvalue weighted by Gasteiger charge is 2.10. The quantitative estimate of drug-likeness (QED) is 0.908. The van der Waals surface area contributed by atoms with Crippen LogP contribution in [0.15, 0.2) is 27.7 Å². The van der Waals surface area contributed by atoms with Crippen molar-refractivity contribution in [2.24, 2.45) is 4.99 Å². The van der Waals surface area contributed by atoms with Crippen molar-refractivity contribution >= 4 is 21.9 Å². The monoisotopic (exact) mass is 295 g/mol. The van der Waals surface area contributed by atoms with Crippen LogP contribution in [0.1, 0.15) is 17.5 Å². The summed E-state index contributed by atoms with van der Waals surface area (Å²) in [6, 6.07) is 6.33. The van der Waals surface area contributed by atoms with Gasteiger partial charge < -0.3 is 10.2 Å². The average molecular weight is 296 g/mol. The fourth-order valence-electron chi connectivity index (χ4n) is 1.93. The number of hydrogen-bond acceptors (Lipinski definition) is 3. The highest BCUT2D eigenvalue weighted by Crippen LogP contribution is 2.20. The zero-order valence-corrected chi connectivity index (χ0v) is 11.9. The van der Waals surface area contributed by atoms with E-state index in [0.29, 0.717) is 0 Å². The largest absolute Gasteiger partial charge is 0.352 e. The Morgan fingerprint density at radius 1 is 1.47 bits per heavy atom. The molecule has 1 N–H and O–H groups in total. The second-order valence-corrected chi connectivity index (χ2v) is 5.18. The van der Waals surface area contributed by atoms with E-state index in [9.17, 15) is 0 Å². The third-order valence-electron chi connectivity index (χ3n) is 2.98. The third kappa shape index (κ3) is 3.00. The van der Waals surface area contributed by atoms with Crippen molar-refractivity contribution in [2.45, 2.75) is 19.9 Å². The Balaban J connectivity index is 2.02. The molecule has 3 nitrogen and oxygen atoms in total.